The average molecular weight is 523 g/mol. The molecule has 0 saturated heterocycles. The molecule has 4 fully saturated rings. The molecule has 0 aromatic heterocycles. The number of ether oxygens (including phenoxy) is 1. The predicted molar refractivity (Wildman–Crippen MR) is 152 cm³/mol. The molecular weight excluding hydrogens is 472 g/mol. The fraction of sp³-hybridized carbons (Fsp3) is 0.735. The zero-order valence-corrected chi connectivity index (χ0v) is 24.2. The monoisotopic (exact) mass is 522 g/mol. The minimum atomic E-state index is -0.291. The molecule has 4 heteroatoms. The molecule has 2 N–H and O–H groups in total. The molecule has 5 rings (SSSR count). The lowest BCUT2D eigenvalue weighted by atomic mass is 9.41. The van der Waals surface area contributed by atoms with E-state index in [1.165, 1.54) is 32.8 Å². The molecular formula is C34H50O4. The number of benzene rings is 1. The van der Waals surface area contributed by atoms with E-state index in [4.69, 9.17) is 4.74 Å². The van der Waals surface area contributed by atoms with Crippen LogP contribution in [0, 0.1) is 52.3 Å². The van der Waals surface area contributed by atoms with Gasteiger partial charge in [0, 0.05) is 0 Å². The van der Waals surface area contributed by atoms with Crippen LogP contribution in [0.3, 0.4) is 0 Å². The summed E-state index contributed by atoms with van der Waals surface area (Å²) in [7, 11) is 1.43. The Bertz CT molecular complexity index is 1030. The Morgan fingerprint density at radius 1 is 1.05 bits per heavy atom. The quantitative estimate of drug-likeness (QED) is 0.390. The van der Waals surface area contributed by atoms with Crippen molar-refractivity contribution in [3.05, 3.63) is 41.5 Å². The standard InChI is InChI=1S/C34H50O4/c1-6-24-29-20-23(35)16-18-34(29,4)28-17-19-33(3)26(14-15-27(33)30(28)31(24)36)21(2)10-9-12-22-11-7-8-13-25(22)32(37)38-5/h7-9,11-13,21,23-24,26-31,35-36H,6,10,14-20H2,1-5H3/b12-9+/t21-,23-,24-,26-,27?,28?,29?,30?,31-,33?,34?/m1/s1. The third-order valence-electron chi connectivity index (χ3n) is 12.3. The number of aliphatic hydroxyl groups excluding tert-OH is 2. The molecule has 4 aliphatic rings. The third kappa shape index (κ3) is 4.48. The van der Waals surface area contributed by atoms with Gasteiger partial charge in [-0.25, -0.2) is 4.79 Å². The minimum absolute atomic E-state index is 0.191. The number of methoxy groups -OCH3 is 1. The van der Waals surface area contributed by atoms with Crippen LogP contribution in [0.15, 0.2) is 30.3 Å². The third-order valence-corrected chi connectivity index (χ3v) is 12.3. The van der Waals surface area contributed by atoms with Crippen molar-refractivity contribution in [3.8, 4) is 0 Å². The van der Waals surface area contributed by atoms with Crippen LogP contribution in [0.4, 0.5) is 0 Å². The van der Waals surface area contributed by atoms with Gasteiger partial charge < -0.3 is 14.9 Å². The van der Waals surface area contributed by atoms with E-state index in [2.05, 4.69) is 39.8 Å². The van der Waals surface area contributed by atoms with Crippen molar-refractivity contribution >= 4 is 12.0 Å². The number of fused-ring (bicyclic) bond motifs is 5. The minimum Gasteiger partial charge on any atom is -0.465 e. The van der Waals surface area contributed by atoms with Crippen molar-refractivity contribution in [1.82, 2.24) is 0 Å². The Balaban J connectivity index is 1.33. The largest absolute Gasteiger partial charge is 0.465 e. The summed E-state index contributed by atoms with van der Waals surface area (Å²) >= 11 is 0. The molecule has 210 valence electrons. The maximum Gasteiger partial charge on any atom is 0.338 e. The lowest BCUT2D eigenvalue weighted by Crippen LogP contribution is -2.62. The Hall–Kier alpha value is -1.65. The molecule has 6 unspecified atom stereocenters. The predicted octanol–water partition coefficient (Wildman–Crippen LogP) is 7.14. The molecule has 0 spiro atoms. The van der Waals surface area contributed by atoms with Crippen molar-refractivity contribution in [2.45, 2.75) is 97.7 Å². The zero-order chi connectivity index (χ0) is 27.2. The van der Waals surface area contributed by atoms with Gasteiger partial charge in [0.2, 0.25) is 0 Å². The maximum absolute atomic E-state index is 12.2. The highest BCUT2D eigenvalue weighted by Gasteiger charge is 2.64. The number of carbonyl (C=O) groups is 1. The van der Waals surface area contributed by atoms with Crippen LogP contribution in [0.2, 0.25) is 0 Å². The highest BCUT2D eigenvalue weighted by Crippen LogP contribution is 2.69. The topological polar surface area (TPSA) is 66.8 Å². The van der Waals surface area contributed by atoms with Crippen molar-refractivity contribution < 1.29 is 19.7 Å². The second kappa shape index (κ2) is 10.7. The summed E-state index contributed by atoms with van der Waals surface area (Å²) in [6.45, 7) is 9.73. The first-order valence-electron chi connectivity index (χ1n) is 15.4. The van der Waals surface area contributed by atoms with Crippen LogP contribution in [0.1, 0.15) is 101 Å². The normalized spacial score (nSPS) is 43.2. The van der Waals surface area contributed by atoms with Gasteiger partial charge in [-0.1, -0.05) is 64.5 Å². The van der Waals surface area contributed by atoms with Crippen molar-refractivity contribution in [2.24, 2.45) is 52.3 Å². The molecule has 4 nitrogen and oxygen atoms in total. The fourth-order valence-corrected chi connectivity index (χ4v) is 10.4. The molecule has 11 atom stereocenters. The Morgan fingerprint density at radius 2 is 1.76 bits per heavy atom. The lowest BCUT2D eigenvalue weighted by Gasteiger charge is -2.64. The second-order valence-electron chi connectivity index (χ2n) is 13.8. The van der Waals surface area contributed by atoms with Gasteiger partial charge in [0.15, 0.2) is 0 Å². The summed E-state index contributed by atoms with van der Waals surface area (Å²) < 4.78 is 4.97. The van der Waals surface area contributed by atoms with Gasteiger partial charge in [-0.05, 0) is 115 Å². The smallest absolute Gasteiger partial charge is 0.338 e. The SMILES string of the molecule is CC[C@@H]1C2C[C@H](O)CCC2(C)C2CCC3(C)C(CC[C@@H]3[C@H](C)C/C=C/c3ccccc3C(=O)OC)C2[C@@H]1O. The Kier molecular flexibility index (Phi) is 7.88. The molecule has 4 aliphatic carbocycles. The van der Waals surface area contributed by atoms with Gasteiger partial charge in [0.1, 0.15) is 0 Å². The van der Waals surface area contributed by atoms with Gasteiger partial charge >= 0.3 is 5.97 Å². The molecule has 0 heterocycles. The van der Waals surface area contributed by atoms with E-state index in [9.17, 15) is 15.0 Å². The molecule has 0 radical (unpaired) electrons. The van der Waals surface area contributed by atoms with Crippen LogP contribution in [0.5, 0.6) is 0 Å². The lowest BCUT2D eigenvalue weighted by molar-refractivity contribution is -0.203. The first-order chi connectivity index (χ1) is 18.2. The van der Waals surface area contributed by atoms with Gasteiger partial charge in [0.25, 0.3) is 0 Å². The molecule has 1 aromatic rings. The summed E-state index contributed by atoms with van der Waals surface area (Å²) in [5.41, 5.74) is 2.06. The molecule has 1 aromatic carbocycles. The summed E-state index contributed by atoms with van der Waals surface area (Å²) in [5.74, 6) is 3.25. The number of esters is 1. The molecule has 0 amide bonds. The van der Waals surface area contributed by atoms with E-state index in [0.717, 1.165) is 37.7 Å². The van der Waals surface area contributed by atoms with Crippen molar-refractivity contribution in [3.63, 3.8) is 0 Å². The summed E-state index contributed by atoms with van der Waals surface area (Å²) in [6.07, 6.45) is 13.8. The first-order valence-corrected chi connectivity index (χ1v) is 15.4. The van der Waals surface area contributed by atoms with E-state index in [1.54, 1.807) is 0 Å². The van der Waals surface area contributed by atoms with Crippen LogP contribution < -0.4 is 0 Å². The van der Waals surface area contributed by atoms with E-state index < -0.39 is 0 Å². The second-order valence-corrected chi connectivity index (χ2v) is 13.8. The van der Waals surface area contributed by atoms with Crippen LogP contribution in [-0.2, 0) is 4.74 Å². The van der Waals surface area contributed by atoms with Gasteiger partial charge in [-0.3, -0.25) is 0 Å². The number of rotatable bonds is 6. The van der Waals surface area contributed by atoms with Gasteiger partial charge in [-0.2, -0.15) is 0 Å². The zero-order valence-electron chi connectivity index (χ0n) is 24.2. The van der Waals surface area contributed by atoms with Crippen LogP contribution >= 0.6 is 0 Å². The van der Waals surface area contributed by atoms with Gasteiger partial charge in [-0.15, -0.1) is 0 Å². The number of hydrogen-bond acceptors (Lipinski definition) is 4. The average Bonchev–Trinajstić information content (AvgIpc) is 3.27. The van der Waals surface area contributed by atoms with Gasteiger partial charge in [0.05, 0.1) is 24.9 Å². The van der Waals surface area contributed by atoms with Crippen LogP contribution in [-0.4, -0.2) is 35.5 Å². The van der Waals surface area contributed by atoms with Crippen molar-refractivity contribution in [1.29, 1.82) is 0 Å². The van der Waals surface area contributed by atoms with E-state index in [1.807, 2.05) is 24.3 Å². The maximum atomic E-state index is 12.2. The Morgan fingerprint density at radius 3 is 2.50 bits per heavy atom. The number of allylic oxidation sites excluding steroid dienone is 1. The first kappa shape index (κ1) is 27.9. The highest BCUT2D eigenvalue weighted by atomic mass is 16.5. The molecule has 38 heavy (non-hydrogen) atoms. The van der Waals surface area contributed by atoms with E-state index >= 15 is 0 Å². The fourth-order valence-electron chi connectivity index (χ4n) is 10.4. The number of hydrogen-bond donors (Lipinski definition) is 2. The molecule has 4 saturated carbocycles. The summed E-state index contributed by atoms with van der Waals surface area (Å²) in [4.78, 5) is 12.2. The molecule has 0 bridgehead atoms. The van der Waals surface area contributed by atoms with E-state index in [-0.39, 0.29) is 29.0 Å². The summed E-state index contributed by atoms with van der Waals surface area (Å²) in [5, 5.41) is 22.5. The van der Waals surface area contributed by atoms with Crippen molar-refractivity contribution in [2.75, 3.05) is 7.11 Å². The highest BCUT2D eigenvalue weighted by molar-refractivity contribution is 5.93. The Labute approximate surface area is 230 Å². The number of carbonyl (C=O) groups excluding carboxylic acids is 1. The van der Waals surface area contributed by atoms with E-state index in [0.29, 0.717) is 47.0 Å². The summed E-state index contributed by atoms with van der Waals surface area (Å²) in [6, 6.07) is 7.65. The van der Waals surface area contributed by atoms with Crippen LogP contribution in [0.25, 0.3) is 6.08 Å². The number of aliphatic hydroxyl groups is 2. The molecule has 0 aliphatic heterocycles.